The van der Waals surface area contributed by atoms with Crippen LogP contribution in [0, 0.1) is 5.92 Å². The van der Waals surface area contributed by atoms with Crippen molar-refractivity contribution in [1.29, 1.82) is 0 Å². The van der Waals surface area contributed by atoms with Crippen molar-refractivity contribution < 1.29 is 14.3 Å². The molecule has 0 bridgehead atoms. The summed E-state index contributed by atoms with van der Waals surface area (Å²) in [5.41, 5.74) is 0.909. The van der Waals surface area contributed by atoms with E-state index >= 15 is 0 Å². The molecule has 20 heavy (non-hydrogen) atoms. The highest BCUT2D eigenvalue weighted by atomic mass is 79.9. The van der Waals surface area contributed by atoms with Gasteiger partial charge >= 0.3 is 5.97 Å². The minimum absolute atomic E-state index is 0.0353. The third-order valence-corrected chi connectivity index (χ3v) is 4.19. The van der Waals surface area contributed by atoms with Crippen molar-refractivity contribution in [3.8, 4) is 0 Å². The van der Waals surface area contributed by atoms with Gasteiger partial charge in [-0.05, 0) is 30.5 Å². The predicted octanol–water partition coefficient (Wildman–Crippen LogP) is 2.97. The van der Waals surface area contributed by atoms with E-state index in [9.17, 15) is 9.59 Å². The lowest BCUT2D eigenvalue weighted by Crippen LogP contribution is -2.37. The van der Waals surface area contributed by atoms with Crippen LogP contribution in [0.4, 0.5) is 0 Å². The van der Waals surface area contributed by atoms with Gasteiger partial charge < -0.3 is 10.1 Å². The van der Waals surface area contributed by atoms with Crippen molar-refractivity contribution in [3.05, 3.63) is 34.3 Å². The van der Waals surface area contributed by atoms with Gasteiger partial charge in [-0.3, -0.25) is 9.59 Å². The molecule has 0 radical (unpaired) electrons. The second-order valence-corrected chi connectivity index (χ2v) is 5.94. The molecule has 0 saturated heterocycles. The van der Waals surface area contributed by atoms with E-state index in [0.717, 1.165) is 29.3 Å². The maximum atomic E-state index is 12.1. The lowest BCUT2D eigenvalue weighted by molar-refractivity contribution is -0.141. The molecule has 2 rings (SSSR count). The Labute approximate surface area is 127 Å². The van der Waals surface area contributed by atoms with E-state index in [1.807, 2.05) is 24.3 Å². The zero-order chi connectivity index (χ0) is 14.5. The molecule has 5 heteroatoms. The first kappa shape index (κ1) is 15.0. The van der Waals surface area contributed by atoms with Crippen LogP contribution in [0.15, 0.2) is 28.7 Å². The van der Waals surface area contributed by atoms with Gasteiger partial charge in [0, 0.05) is 10.4 Å². The van der Waals surface area contributed by atoms with E-state index in [4.69, 9.17) is 4.74 Å². The van der Waals surface area contributed by atoms with Gasteiger partial charge in [-0.25, -0.2) is 0 Å². The number of rotatable bonds is 5. The lowest BCUT2D eigenvalue weighted by atomic mass is 9.84. The maximum Gasteiger partial charge on any atom is 0.307 e. The van der Waals surface area contributed by atoms with Gasteiger partial charge in [0.15, 0.2) is 0 Å². The molecule has 1 aromatic rings. The normalized spacial score (nSPS) is 16.1. The SMILES string of the molecule is COC(=O)CC(NC(=O)C1CCC1)c1ccc(Br)cc1. The Balaban J connectivity index is 2.08. The van der Waals surface area contributed by atoms with E-state index in [-0.39, 0.29) is 30.3 Å². The van der Waals surface area contributed by atoms with Gasteiger partial charge in [0.1, 0.15) is 0 Å². The van der Waals surface area contributed by atoms with Crippen molar-refractivity contribution in [1.82, 2.24) is 5.32 Å². The molecular formula is C15H18BrNO3. The van der Waals surface area contributed by atoms with Crippen LogP contribution in [0.3, 0.4) is 0 Å². The fourth-order valence-corrected chi connectivity index (χ4v) is 2.42. The Bertz CT molecular complexity index is 482. The number of hydrogen-bond donors (Lipinski definition) is 1. The summed E-state index contributed by atoms with van der Waals surface area (Å²) in [6.45, 7) is 0. The van der Waals surface area contributed by atoms with E-state index in [1.165, 1.54) is 7.11 Å². The highest BCUT2D eigenvalue weighted by molar-refractivity contribution is 9.10. The molecule has 1 N–H and O–H groups in total. The van der Waals surface area contributed by atoms with Gasteiger partial charge in [-0.2, -0.15) is 0 Å². The summed E-state index contributed by atoms with van der Waals surface area (Å²) >= 11 is 3.37. The maximum absolute atomic E-state index is 12.1. The standard InChI is InChI=1S/C15H18BrNO3/c1-20-14(18)9-13(10-5-7-12(16)8-6-10)17-15(19)11-3-2-4-11/h5-8,11,13H,2-4,9H2,1H3,(H,17,19). The Kier molecular flexibility index (Phi) is 5.17. The molecule has 1 fully saturated rings. The molecule has 1 aromatic carbocycles. The van der Waals surface area contributed by atoms with Crippen molar-refractivity contribution >= 4 is 27.8 Å². The summed E-state index contributed by atoms with van der Waals surface area (Å²) in [7, 11) is 1.36. The Morgan fingerprint density at radius 1 is 1.35 bits per heavy atom. The fraction of sp³-hybridized carbons (Fsp3) is 0.467. The van der Waals surface area contributed by atoms with Crippen LogP contribution in [0.2, 0.25) is 0 Å². The number of esters is 1. The second-order valence-electron chi connectivity index (χ2n) is 5.02. The molecular weight excluding hydrogens is 322 g/mol. The molecule has 0 heterocycles. The molecule has 0 spiro atoms. The molecule has 1 aliphatic rings. The highest BCUT2D eigenvalue weighted by Crippen LogP contribution is 2.28. The highest BCUT2D eigenvalue weighted by Gasteiger charge is 2.28. The smallest absolute Gasteiger partial charge is 0.307 e. The summed E-state index contributed by atoms with van der Waals surface area (Å²) in [6.07, 6.45) is 3.14. The first-order valence-corrected chi connectivity index (χ1v) is 7.52. The quantitative estimate of drug-likeness (QED) is 0.839. The van der Waals surface area contributed by atoms with Crippen molar-refractivity contribution in [3.63, 3.8) is 0 Å². The summed E-state index contributed by atoms with van der Waals surface area (Å²) in [5, 5.41) is 2.96. The third kappa shape index (κ3) is 3.82. The van der Waals surface area contributed by atoms with E-state index in [0.29, 0.717) is 0 Å². The Hall–Kier alpha value is -1.36. The van der Waals surface area contributed by atoms with E-state index in [1.54, 1.807) is 0 Å². The molecule has 0 aliphatic heterocycles. The largest absolute Gasteiger partial charge is 0.469 e. The van der Waals surface area contributed by atoms with Crippen LogP contribution < -0.4 is 5.32 Å². The Morgan fingerprint density at radius 2 is 2.00 bits per heavy atom. The number of benzene rings is 1. The van der Waals surface area contributed by atoms with Crippen LogP contribution >= 0.6 is 15.9 Å². The topological polar surface area (TPSA) is 55.4 Å². The number of halogens is 1. The van der Waals surface area contributed by atoms with Crippen molar-refractivity contribution in [2.75, 3.05) is 7.11 Å². The average molecular weight is 340 g/mol. The average Bonchev–Trinajstić information content (AvgIpc) is 2.36. The van der Waals surface area contributed by atoms with Crippen LogP contribution in [0.5, 0.6) is 0 Å². The minimum atomic E-state index is -0.330. The number of nitrogens with one attached hydrogen (secondary N) is 1. The van der Waals surface area contributed by atoms with E-state index < -0.39 is 0 Å². The monoisotopic (exact) mass is 339 g/mol. The first-order chi connectivity index (χ1) is 9.60. The molecule has 4 nitrogen and oxygen atoms in total. The van der Waals surface area contributed by atoms with E-state index in [2.05, 4.69) is 21.2 Å². The zero-order valence-electron chi connectivity index (χ0n) is 11.4. The van der Waals surface area contributed by atoms with Crippen molar-refractivity contribution in [2.24, 2.45) is 5.92 Å². The zero-order valence-corrected chi connectivity index (χ0v) is 13.0. The van der Waals surface area contributed by atoms with Crippen molar-refractivity contribution in [2.45, 2.75) is 31.7 Å². The summed E-state index contributed by atoms with van der Waals surface area (Å²) in [4.78, 5) is 23.6. The number of amides is 1. The molecule has 1 amide bonds. The summed E-state index contributed by atoms with van der Waals surface area (Å²) in [5.74, 6) is -0.189. The van der Waals surface area contributed by atoms with Gasteiger partial charge in [-0.15, -0.1) is 0 Å². The van der Waals surface area contributed by atoms with Gasteiger partial charge in [0.05, 0.1) is 19.6 Å². The lowest BCUT2D eigenvalue weighted by Gasteiger charge is -2.27. The minimum Gasteiger partial charge on any atom is -0.469 e. The summed E-state index contributed by atoms with van der Waals surface area (Å²) in [6, 6.07) is 7.27. The van der Waals surface area contributed by atoms with Crippen LogP contribution in [0.1, 0.15) is 37.3 Å². The van der Waals surface area contributed by atoms with Gasteiger partial charge in [0.2, 0.25) is 5.91 Å². The van der Waals surface area contributed by atoms with Gasteiger partial charge in [0.25, 0.3) is 0 Å². The summed E-state index contributed by atoms with van der Waals surface area (Å²) < 4.78 is 5.67. The molecule has 1 unspecified atom stereocenters. The number of carbonyl (C=O) groups excluding carboxylic acids is 2. The number of hydrogen-bond acceptors (Lipinski definition) is 3. The fourth-order valence-electron chi connectivity index (χ4n) is 2.16. The number of carbonyl (C=O) groups is 2. The van der Waals surface area contributed by atoms with Gasteiger partial charge in [-0.1, -0.05) is 34.5 Å². The predicted molar refractivity (Wildman–Crippen MR) is 79.0 cm³/mol. The molecule has 108 valence electrons. The van der Waals surface area contributed by atoms with Crippen LogP contribution in [0.25, 0.3) is 0 Å². The molecule has 0 aromatic heterocycles. The third-order valence-electron chi connectivity index (χ3n) is 3.66. The first-order valence-electron chi connectivity index (χ1n) is 6.73. The second kappa shape index (κ2) is 6.88. The number of methoxy groups -OCH3 is 1. The molecule has 1 atom stereocenters. The van der Waals surface area contributed by atoms with Crippen LogP contribution in [-0.4, -0.2) is 19.0 Å². The Morgan fingerprint density at radius 3 is 2.50 bits per heavy atom. The number of ether oxygens (including phenoxy) is 1. The molecule has 1 saturated carbocycles. The molecule has 1 aliphatic carbocycles. The van der Waals surface area contributed by atoms with Crippen LogP contribution in [-0.2, 0) is 14.3 Å².